The van der Waals surface area contributed by atoms with Gasteiger partial charge in [0.1, 0.15) is 19.1 Å². The van der Waals surface area contributed by atoms with Gasteiger partial charge in [0.15, 0.2) is 0 Å². The van der Waals surface area contributed by atoms with Crippen molar-refractivity contribution in [1.29, 1.82) is 0 Å². The van der Waals surface area contributed by atoms with Crippen LogP contribution in [0.3, 0.4) is 0 Å². The van der Waals surface area contributed by atoms with E-state index in [1.165, 1.54) is 0 Å². The van der Waals surface area contributed by atoms with Gasteiger partial charge in [0.25, 0.3) is 0 Å². The predicted octanol–water partition coefficient (Wildman–Crippen LogP) is 1.87. The minimum Gasteiger partial charge on any atom is -0.491 e. The summed E-state index contributed by atoms with van der Waals surface area (Å²) in [6.07, 6.45) is 1.05. The zero-order valence-corrected chi connectivity index (χ0v) is 9.44. The van der Waals surface area contributed by atoms with Crippen LogP contribution in [0.2, 0.25) is 0 Å². The highest BCUT2D eigenvalue weighted by atomic mass is 16.7. The Morgan fingerprint density at radius 2 is 2.19 bits per heavy atom. The highest BCUT2D eigenvalue weighted by Crippen LogP contribution is 2.16. The van der Waals surface area contributed by atoms with Crippen molar-refractivity contribution >= 4 is 5.69 Å². The Labute approximate surface area is 95.5 Å². The highest BCUT2D eigenvalue weighted by Gasteiger charge is 2.14. The first-order valence-electron chi connectivity index (χ1n) is 5.48. The van der Waals surface area contributed by atoms with Gasteiger partial charge in [-0.1, -0.05) is 0 Å². The van der Waals surface area contributed by atoms with Crippen molar-refractivity contribution in [2.45, 2.75) is 12.5 Å². The van der Waals surface area contributed by atoms with E-state index in [-0.39, 0.29) is 6.10 Å². The molecule has 1 atom stereocenters. The smallest absolute Gasteiger partial charge is 0.147 e. The zero-order valence-electron chi connectivity index (χ0n) is 9.44. The third kappa shape index (κ3) is 3.12. The molecular formula is C12H17NO3. The molecule has 1 aliphatic rings. The van der Waals surface area contributed by atoms with E-state index in [0.29, 0.717) is 13.4 Å². The molecule has 88 valence electrons. The van der Waals surface area contributed by atoms with Gasteiger partial charge in [0.05, 0.1) is 12.7 Å². The molecule has 0 amide bonds. The molecule has 0 spiro atoms. The van der Waals surface area contributed by atoms with Crippen molar-refractivity contribution < 1.29 is 14.2 Å². The van der Waals surface area contributed by atoms with E-state index in [9.17, 15) is 0 Å². The lowest BCUT2D eigenvalue weighted by atomic mass is 10.2. The second kappa shape index (κ2) is 5.72. The van der Waals surface area contributed by atoms with Crippen molar-refractivity contribution in [2.24, 2.45) is 0 Å². The van der Waals surface area contributed by atoms with Gasteiger partial charge in [-0.3, -0.25) is 0 Å². The summed E-state index contributed by atoms with van der Waals surface area (Å²) in [6, 6.07) is 7.87. The topological polar surface area (TPSA) is 39.7 Å². The molecule has 2 rings (SSSR count). The number of hydrogen-bond donors (Lipinski definition) is 1. The van der Waals surface area contributed by atoms with Crippen LogP contribution in [0, 0.1) is 0 Å². The van der Waals surface area contributed by atoms with E-state index in [2.05, 4.69) is 5.32 Å². The van der Waals surface area contributed by atoms with Crippen LogP contribution in [-0.2, 0) is 9.47 Å². The third-order valence-corrected chi connectivity index (χ3v) is 2.55. The summed E-state index contributed by atoms with van der Waals surface area (Å²) in [5, 5.41) is 3.06. The number of benzene rings is 1. The molecule has 1 unspecified atom stereocenters. The molecule has 4 nitrogen and oxygen atoms in total. The Kier molecular flexibility index (Phi) is 4.02. The van der Waals surface area contributed by atoms with Gasteiger partial charge < -0.3 is 19.5 Å². The van der Waals surface area contributed by atoms with Gasteiger partial charge in [-0.2, -0.15) is 0 Å². The predicted molar refractivity (Wildman–Crippen MR) is 61.8 cm³/mol. The number of anilines is 1. The SMILES string of the molecule is CNc1ccc(OCC2CCOCO2)cc1. The third-order valence-electron chi connectivity index (χ3n) is 2.55. The fraction of sp³-hybridized carbons (Fsp3) is 0.500. The fourth-order valence-electron chi connectivity index (χ4n) is 1.54. The maximum absolute atomic E-state index is 5.64. The summed E-state index contributed by atoms with van der Waals surface area (Å²) >= 11 is 0. The van der Waals surface area contributed by atoms with Crippen LogP contribution in [0.5, 0.6) is 5.75 Å². The number of nitrogens with one attached hydrogen (secondary N) is 1. The molecule has 0 aliphatic carbocycles. The maximum Gasteiger partial charge on any atom is 0.147 e. The van der Waals surface area contributed by atoms with Gasteiger partial charge in [-0.15, -0.1) is 0 Å². The van der Waals surface area contributed by atoms with Crippen molar-refractivity contribution in [1.82, 2.24) is 0 Å². The molecule has 16 heavy (non-hydrogen) atoms. The van der Waals surface area contributed by atoms with E-state index >= 15 is 0 Å². The fourth-order valence-corrected chi connectivity index (χ4v) is 1.54. The molecule has 0 radical (unpaired) electrons. The van der Waals surface area contributed by atoms with E-state index < -0.39 is 0 Å². The Morgan fingerprint density at radius 3 is 2.81 bits per heavy atom. The van der Waals surface area contributed by atoms with E-state index in [4.69, 9.17) is 14.2 Å². The lowest BCUT2D eigenvalue weighted by Crippen LogP contribution is -2.29. The molecule has 0 aromatic heterocycles. The van der Waals surface area contributed by atoms with Crippen LogP contribution in [0.25, 0.3) is 0 Å². The van der Waals surface area contributed by atoms with Gasteiger partial charge in [-0.25, -0.2) is 0 Å². The summed E-state index contributed by atoms with van der Waals surface area (Å²) in [4.78, 5) is 0. The molecular weight excluding hydrogens is 206 g/mol. The summed E-state index contributed by atoms with van der Waals surface area (Å²) < 4.78 is 16.1. The lowest BCUT2D eigenvalue weighted by molar-refractivity contribution is -0.147. The van der Waals surface area contributed by atoms with Crippen LogP contribution in [0.4, 0.5) is 5.69 Å². The van der Waals surface area contributed by atoms with Crippen molar-refractivity contribution in [3.8, 4) is 5.75 Å². The second-order valence-corrected chi connectivity index (χ2v) is 3.69. The first kappa shape index (κ1) is 11.2. The van der Waals surface area contributed by atoms with Gasteiger partial charge in [0.2, 0.25) is 0 Å². The molecule has 1 aromatic carbocycles. The Bertz CT molecular complexity index is 307. The first-order chi connectivity index (χ1) is 7.88. The summed E-state index contributed by atoms with van der Waals surface area (Å²) in [6.45, 7) is 1.72. The van der Waals surface area contributed by atoms with Crippen LogP contribution in [0.15, 0.2) is 24.3 Å². The molecule has 1 saturated heterocycles. The van der Waals surface area contributed by atoms with E-state index in [1.54, 1.807) is 0 Å². The van der Waals surface area contributed by atoms with E-state index in [1.807, 2.05) is 31.3 Å². The number of rotatable bonds is 4. The molecule has 0 bridgehead atoms. The Morgan fingerprint density at radius 1 is 1.38 bits per heavy atom. The minimum atomic E-state index is 0.151. The van der Waals surface area contributed by atoms with Gasteiger partial charge >= 0.3 is 0 Å². The van der Waals surface area contributed by atoms with Crippen LogP contribution in [0.1, 0.15) is 6.42 Å². The molecule has 4 heteroatoms. The highest BCUT2D eigenvalue weighted by molar-refractivity contribution is 5.45. The largest absolute Gasteiger partial charge is 0.491 e. The molecule has 1 aliphatic heterocycles. The van der Waals surface area contributed by atoms with Crippen molar-refractivity contribution in [3.05, 3.63) is 24.3 Å². The average molecular weight is 223 g/mol. The number of ether oxygens (including phenoxy) is 3. The molecule has 1 heterocycles. The van der Waals surface area contributed by atoms with Crippen LogP contribution < -0.4 is 10.1 Å². The van der Waals surface area contributed by atoms with Crippen LogP contribution >= 0.6 is 0 Å². The first-order valence-corrected chi connectivity index (χ1v) is 5.48. The minimum absolute atomic E-state index is 0.151. The Hall–Kier alpha value is -1.26. The monoisotopic (exact) mass is 223 g/mol. The standard InChI is InChI=1S/C12H17NO3/c1-13-10-2-4-11(5-3-10)15-8-12-6-7-14-9-16-12/h2-5,12-13H,6-9H2,1H3. The second-order valence-electron chi connectivity index (χ2n) is 3.69. The molecule has 1 N–H and O–H groups in total. The quantitative estimate of drug-likeness (QED) is 0.846. The lowest BCUT2D eigenvalue weighted by Gasteiger charge is -2.22. The van der Waals surface area contributed by atoms with E-state index in [0.717, 1.165) is 24.5 Å². The summed E-state index contributed by atoms with van der Waals surface area (Å²) in [5.41, 5.74) is 1.08. The maximum atomic E-state index is 5.64. The zero-order chi connectivity index (χ0) is 11.2. The Balaban J connectivity index is 1.79. The van der Waals surface area contributed by atoms with Crippen molar-refractivity contribution in [2.75, 3.05) is 32.4 Å². The molecule has 1 fully saturated rings. The summed E-state index contributed by atoms with van der Waals surface area (Å²) in [5.74, 6) is 0.870. The molecule has 1 aromatic rings. The normalized spacial score (nSPS) is 20.4. The van der Waals surface area contributed by atoms with Crippen molar-refractivity contribution in [3.63, 3.8) is 0 Å². The number of hydrogen-bond acceptors (Lipinski definition) is 4. The van der Waals surface area contributed by atoms with Gasteiger partial charge in [-0.05, 0) is 24.3 Å². The average Bonchev–Trinajstić information content (AvgIpc) is 2.38. The summed E-state index contributed by atoms with van der Waals surface area (Å²) in [7, 11) is 1.89. The van der Waals surface area contributed by atoms with Crippen LogP contribution in [-0.4, -0.2) is 33.2 Å². The van der Waals surface area contributed by atoms with Gasteiger partial charge in [0, 0.05) is 19.2 Å². The molecule has 0 saturated carbocycles.